The Labute approximate surface area is 197 Å². The largest absolute Gasteiger partial charge is 0.468 e. The molecule has 13 heteroatoms. The molecule has 1 amide bonds. The van der Waals surface area contributed by atoms with Gasteiger partial charge in [0.05, 0.1) is 28.3 Å². The van der Waals surface area contributed by atoms with Crippen LogP contribution in [-0.4, -0.2) is 43.4 Å². The van der Waals surface area contributed by atoms with Crippen LogP contribution in [0, 0.1) is 6.92 Å². The molecule has 2 aromatic carbocycles. The number of aromatic nitrogens is 2. The summed E-state index contributed by atoms with van der Waals surface area (Å²) in [6.07, 6.45) is 0. The molecule has 0 aliphatic carbocycles. The fourth-order valence-electron chi connectivity index (χ4n) is 2.36. The van der Waals surface area contributed by atoms with Gasteiger partial charge >= 0.3 is 5.97 Å². The topological polar surface area (TPSA) is 127 Å². The summed E-state index contributed by atoms with van der Waals surface area (Å²) >= 11 is 8.34. The SMILES string of the molecule is COC(=O)CSc1nnc(NC(=O)c2cc(NS(=O)(=O)c3ccc(C)cc3)ccc2Cl)s1. The molecule has 1 aromatic heterocycles. The van der Waals surface area contributed by atoms with Gasteiger partial charge in [0.15, 0.2) is 4.34 Å². The zero-order valence-corrected chi connectivity index (χ0v) is 20.0. The van der Waals surface area contributed by atoms with Gasteiger partial charge in [-0.3, -0.25) is 19.6 Å². The number of carbonyl (C=O) groups excluding carboxylic acids is 2. The van der Waals surface area contributed by atoms with Crippen LogP contribution in [0.4, 0.5) is 10.8 Å². The highest BCUT2D eigenvalue weighted by molar-refractivity contribution is 8.01. The minimum atomic E-state index is -3.84. The number of methoxy groups -OCH3 is 1. The number of ether oxygens (including phenoxy) is 1. The number of rotatable bonds is 8. The first-order valence-corrected chi connectivity index (χ1v) is 12.6. The number of hydrogen-bond donors (Lipinski definition) is 2. The van der Waals surface area contributed by atoms with Gasteiger partial charge in [0.1, 0.15) is 0 Å². The van der Waals surface area contributed by atoms with E-state index in [0.717, 1.165) is 28.7 Å². The van der Waals surface area contributed by atoms with Crippen molar-refractivity contribution in [2.45, 2.75) is 16.2 Å². The van der Waals surface area contributed by atoms with Crippen molar-refractivity contribution >= 4 is 67.4 Å². The maximum Gasteiger partial charge on any atom is 0.316 e. The summed E-state index contributed by atoms with van der Waals surface area (Å²) in [6, 6.07) is 10.6. The third-order valence-corrected chi connectivity index (χ3v) is 7.63. The van der Waals surface area contributed by atoms with Crippen LogP contribution in [0.1, 0.15) is 15.9 Å². The summed E-state index contributed by atoms with van der Waals surface area (Å²) in [7, 11) is -2.56. The van der Waals surface area contributed by atoms with Crippen LogP contribution in [0.5, 0.6) is 0 Å². The fraction of sp³-hybridized carbons (Fsp3) is 0.158. The third-order valence-electron chi connectivity index (χ3n) is 3.96. The lowest BCUT2D eigenvalue weighted by Gasteiger charge is -2.11. The first-order valence-electron chi connectivity index (χ1n) is 8.91. The Balaban J connectivity index is 1.72. The Morgan fingerprint density at radius 1 is 1.16 bits per heavy atom. The summed E-state index contributed by atoms with van der Waals surface area (Å²) in [6.45, 7) is 1.85. The monoisotopic (exact) mass is 512 g/mol. The van der Waals surface area contributed by atoms with E-state index in [0.29, 0.717) is 4.34 Å². The van der Waals surface area contributed by atoms with E-state index in [4.69, 9.17) is 11.6 Å². The zero-order chi connectivity index (χ0) is 23.3. The van der Waals surface area contributed by atoms with Crippen LogP contribution in [0.3, 0.4) is 0 Å². The van der Waals surface area contributed by atoms with Crippen molar-refractivity contribution in [2.24, 2.45) is 0 Å². The molecule has 0 saturated heterocycles. The minimum Gasteiger partial charge on any atom is -0.468 e. The number of carbonyl (C=O) groups is 2. The number of thioether (sulfide) groups is 1. The molecule has 3 rings (SSSR count). The Morgan fingerprint density at radius 3 is 2.56 bits per heavy atom. The highest BCUT2D eigenvalue weighted by Crippen LogP contribution is 2.28. The molecule has 0 spiro atoms. The summed E-state index contributed by atoms with van der Waals surface area (Å²) in [5.74, 6) is -0.937. The number of sulfonamides is 1. The molecule has 0 atom stereocenters. The minimum absolute atomic E-state index is 0.0507. The Morgan fingerprint density at radius 2 is 1.88 bits per heavy atom. The average Bonchev–Trinajstić information content (AvgIpc) is 3.20. The number of aryl methyl sites for hydroxylation is 1. The number of nitrogens with zero attached hydrogens (tertiary/aromatic N) is 2. The van der Waals surface area contributed by atoms with Crippen LogP contribution < -0.4 is 10.0 Å². The lowest BCUT2D eigenvalue weighted by molar-refractivity contribution is -0.137. The maximum absolute atomic E-state index is 12.7. The van der Waals surface area contributed by atoms with Crippen molar-refractivity contribution in [3.63, 3.8) is 0 Å². The molecule has 0 aliphatic rings. The number of halogens is 1. The van der Waals surface area contributed by atoms with Gasteiger partial charge in [-0.1, -0.05) is 52.4 Å². The van der Waals surface area contributed by atoms with Crippen molar-refractivity contribution in [2.75, 3.05) is 22.9 Å². The summed E-state index contributed by atoms with van der Waals surface area (Å²) in [5.41, 5.74) is 1.15. The van der Waals surface area contributed by atoms with Crippen LogP contribution >= 0.6 is 34.7 Å². The van der Waals surface area contributed by atoms with Crippen molar-refractivity contribution in [1.82, 2.24) is 10.2 Å². The van der Waals surface area contributed by atoms with E-state index in [2.05, 4.69) is 25.0 Å². The van der Waals surface area contributed by atoms with Gasteiger partial charge < -0.3 is 4.74 Å². The predicted molar refractivity (Wildman–Crippen MR) is 124 cm³/mol. The molecule has 2 N–H and O–H groups in total. The van der Waals surface area contributed by atoms with Crippen LogP contribution in [0.25, 0.3) is 0 Å². The van der Waals surface area contributed by atoms with Crippen molar-refractivity contribution < 1.29 is 22.7 Å². The highest BCUT2D eigenvalue weighted by atomic mass is 35.5. The zero-order valence-electron chi connectivity index (χ0n) is 16.8. The van der Waals surface area contributed by atoms with Crippen molar-refractivity contribution in [3.8, 4) is 0 Å². The third kappa shape index (κ3) is 6.19. The number of esters is 1. The Hall–Kier alpha value is -2.67. The summed E-state index contributed by atoms with van der Waals surface area (Å²) in [4.78, 5) is 24.0. The van der Waals surface area contributed by atoms with Crippen LogP contribution in [0.2, 0.25) is 5.02 Å². The van der Waals surface area contributed by atoms with E-state index in [-0.39, 0.29) is 32.1 Å². The molecule has 3 aromatic rings. The fourth-order valence-corrected chi connectivity index (χ4v) is 5.19. The molecule has 0 saturated carbocycles. The normalized spacial score (nSPS) is 11.1. The molecule has 0 radical (unpaired) electrons. The standard InChI is InChI=1S/C19H17ClN4O5S3/c1-11-3-6-13(7-4-11)32(27,28)24-12-5-8-15(20)14(9-12)17(26)21-18-22-23-19(31-18)30-10-16(25)29-2/h3-9,24H,10H2,1-2H3,(H,21,22,26). The van der Waals surface area contributed by atoms with E-state index in [1.165, 1.54) is 37.4 Å². The lowest BCUT2D eigenvalue weighted by Crippen LogP contribution is -2.15. The highest BCUT2D eigenvalue weighted by Gasteiger charge is 2.18. The molecule has 1 heterocycles. The second-order valence-corrected chi connectivity index (χ2v) is 10.6. The smallest absolute Gasteiger partial charge is 0.316 e. The lowest BCUT2D eigenvalue weighted by atomic mass is 10.2. The number of benzene rings is 2. The quantitative estimate of drug-likeness (QED) is 0.265. The predicted octanol–water partition coefficient (Wildman–Crippen LogP) is 3.82. The first kappa shape index (κ1) is 24.0. The average molecular weight is 513 g/mol. The van der Waals surface area contributed by atoms with Crippen LogP contribution in [0.15, 0.2) is 51.7 Å². The van der Waals surface area contributed by atoms with Crippen molar-refractivity contribution in [3.05, 3.63) is 58.6 Å². The van der Waals surface area contributed by atoms with Gasteiger partial charge in [-0.05, 0) is 37.3 Å². The summed E-state index contributed by atoms with van der Waals surface area (Å²) in [5, 5.41) is 10.6. The molecular formula is C19H17ClN4O5S3. The molecule has 168 valence electrons. The molecule has 0 unspecified atom stereocenters. The van der Waals surface area contributed by atoms with E-state index in [1.54, 1.807) is 12.1 Å². The second-order valence-electron chi connectivity index (χ2n) is 6.31. The molecule has 9 nitrogen and oxygen atoms in total. The van der Waals surface area contributed by atoms with Gasteiger partial charge in [-0.2, -0.15) is 0 Å². The Bertz CT molecular complexity index is 1250. The van der Waals surface area contributed by atoms with E-state index < -0.39 is 21.9 Å². The van der Waals surface area contributed by atoms with Gasteiger partial charge in [0, 0.05) is 5.69 Å². The molecule has 32 heavy (non-hydrogen) atoms. The van der Waals surface area contributed by atoms with Crippen molar-refractivity contribution in [1.29, 1.82) is 0 Å². The second kappa shape index (κ2) is 10.3. The molecule has 0 bridgehead atoms. The van der Waals surface area contributed by atoms with Crippen LogP contribution in [-0.2, 0) is 19.6 Å². The number of anilines is 2. The first-order chi connectivity index (χ1) is 15.2. The van der Waals surface area contributed by atoms with E-state index >= 15 is 0 Å². The van der Waals surface area contributed by atoms with Gasteiger partial charge in [-0.25, -0.2) is 8.42 Å². The van der Waals surface area contributed by atoms with Gasteiger partial charge in [0.2, 0.25) is 5.13 Å². The van der Waals surface area contributed by atoms with E-state index in [9.17, 15) is 18.0 Å². The van der Waals surface area contributed by atoms with Gasteiger partial charge in [-0.15, -0.1) is 10.2 Å². The van der Waals surface area contributed by atoms with E-state index in [1.807, 2.05) is 6.92 Å². The van der Waals surface area contributed by atoms with Gasteiger partial charge in [0.25, 0.3) is 15.9 Å². The molecular weight excluding hydrogens is 496 g/mol. The summed E-state index contributed by atoms with van der Waals surface area (Å²) < 4.78 is 32.7. The molecule has 0 aliphatic heterocycles. The molecule has 0 fully saturated rings. The number of amides is 1. The number of hydrogen-bond acceptors (Lipinski definition) is 9. The Kier molecular flexibility index (Phi) is 7.72. The maximum atomic E-state index is 12.7. The number of nitrogens with one attached hydrogen (secondary N) is 2.